The average molecular weight is 232 g/mol. The van der Waals surface area contributed by atoms with E-state index in [1.807, 2.05) is 12.1 Å². The number of phenols is 1. The van der Waals surface area contributed by atoms with Crippen molar-refractivity contribution in [3.63, 3.8) is 0 Å². The molecule has 1 aliphatic heterocycles. The van der Waals surface area contributed by atoms with Gasteiger partial charge in [0.25, 0.3) is 0 Å². The molecule has 0 spiro atoms. The molecule has 2 N–H and O–H groups in total. The van der Waals surface area contributed by atoms with Gasteiger partial charge in [-0.2, -0.15) is 0 Å². The molecule has 1 heterocycles. The van der Waals surface area contributed by atoms with Gasteiger partial charge in [-0.05, 0) is 25.0 Å². The Morgan fingerprint density at radius 2 is 2.00 bits per heavy atom. The minimum absolute atomic E-state index is 0.369. The topological polar surface area (TPSA) is 35.5 Å². The van der Waals surface area contributed by atoms with Crippen LogP contribution in [-0.4, -0.2) is 24.2 Å². The van der Waals surface area contributed by atoms with Crippen LogP contribution in [0.1, 0.15) is 32.1 Å². The van der Waals surface area contributed by atoms with Crippen LogP contribution in [0.3, 0.4) is 0 Å². The number of rotatable bonds is 1. The summed E-state index contributed by atoms with van der Waals surface area (Å²) < 4.78 is 0. The number of nitrogens with one attached hydrogen (secondary N) is 1. The van der Waals surface area contributed by atoms with Crippen LogP contribution < -0.4 is 10.2 Å². The van der Waals surface area contributed by atoms with E-state index in [-0.39, 0.29) is 0 Å². The number of fused-ring (bicyclic) bond motifs is 1. The van der Waals surface area contributed by atoms with Crippen LogP contribution in [-0.2, 0) is 0 Å². The van der Waals surface area contributed by atoms with Gasteiger partial charge < -0.3 is 15.3 Å². The van der Waals surface area contributed by atoms with Crippen molar-refractivity contribution < 1.29 is 5.11 Å². The number of anilines is 2. The first-order valence-corrected chi connectivity index (χ1v) is 6.68. The molecule has 3 heteroatoms. The zero-order valence-corrected chi connectivity index (χ0v) is 10.2. The van der Waals surface area contributed by atoms with Gasteiger partial charge in [0.2, 0.25) is 0 Å². The number of nitrogens with zero attached hydrogens (tertiary/aromatic N) is 1. The van der Waals surface area contributed by atoms with Crippen LogP contribution in [0.4, 0.5) is 11.4 Å². The smallest absolute Gasteiger partial charge is 0.117 e. The largest absolute Gasteiger partial charge is 0.508 e. The number of benzene rings is 1. The maximum atomic E-state index is 9.65. The molecule has 1 aromatic rings. The summed E-state index contributed by atoms with van der Waals surface area (Å²) in [6, 6.07) is 6.32. The van der Waals surface area contributed by atoms with Gasteiger partial charge in [0.1, 0.15) is 5.75 Å². The quantitative estimate of drug-likeness (QED) is 0.731. The normalized spacial score (nSPS) is 20.8. The van der Waals surface area contributed by atoms with E-state index < -0.39 is 0 Å². The summed E-state index contributed by atoms with van der Waals surface area (Å²) in [5.41, 5.74) is 2.35. The molecule has 2 aliphatic rings. The van der Waals surface area contributed by atoms with E-state index in [0.717, 1.165) is 13.1 Å². The number of aromatic hydroxyl groups is 1. The molecule has 0 atom stereocenters. The molecule has 0 radical (unpaired) electrons. The van der Waals surface area contributed by atoms with Gasteiger partial charge >= 0.3 is 0 Å². The fourth-order valence-corrected chi connectivity index (χ4v) is 3.11. The fourth-order valence-electron chi connectivity index (χ4n) is 3.11. The van der Waals surface area contributed by atoms with Gasteiger partial charge in [0, 0.05) is 25.2 Å². The van der Waals surface area contributed by atoms with Crippen molar-refractivity contribution in [2.24, 2.45) is 0 Å². The molecule has 0 unspecified atom stereocenters. The number of hydrogen-bond acceptors (Lipinski definition) is 3. The lowest BCUT2D eigenvalue weighted by Crippen LogP contribution is -2.42. The van der Waals surface area contributed by atoms with Crippen molar-refractivity contribution in [2.75, 3.05) is 23.3 Å². The second kappa shape index (κ2) is 4.47. The number of phenolic OH excluding ortho intramolecular Hbond substituents is 1. The lowest BCUT2D eigenvalue weighted by Gasteiger charge is -2.40. The Morgan fingerprint density at radius 3 is 2.82 bits per heavy atom. The Balaban J connectivity index is 1.89. The Morgan fingerprint density at radius 1 is 1.18 bits per heavy atom. The van der Waals surface area contributed by atoms with Crippen molar-refractivity contribution >= 4 is 11.4 Å². The zero-order chi connectivity index (χ0) is 11.7. The Labute approximate surface area is 102 Å². The summed E-state index contributed by atoms with van der Waals surface area (Å²) in [5, 5.41) is 13.1. The monoisotopic (exact) mass is 232 g/mol. The Bertz CT molecular complexity index is 399. The van der Waals surface area contributed by atoms with Crippen molar-refractivity contribution in [1.29, 1.82) is 0 Å². The average Bonchev–Trinajstić information content (AvgIpc) is 2.39. The first kappa shape index (κ1) is 10.8. The highest BCUT2D eigenvalue weighted by Gasteiger charge is 2.25. The molecule has 0 bridgehead atoms. The van der Waals surface area contributed by atoms with Gasteiger partial charge in [-0.25, -0.2) is 0 Å². The molecular weight excluding hydrogens is 212 g/mol. The van der Waals surface area contributed by atoms with Crippen LogP contribution in [0.25, 0.3) is 0 Å². The van der Waals surface area contributed by atoms with E-state index in [2.05, 4.69) is 10.2 Å². The predicted octanol–water partition coefficient (Wildman–Crippen LogP) is 2.96. The highest BCUT2D eigenvalue weighted by Crippen LogP contribution is 2.36. The number of hydrogen-bond donors (Lipinski definition) is 2. The second-order valence-electron chi connectivity index (χ2n) is 5.11. The van der Waals surface area contributed by atoms with Crippen molar-refractivity contribution in [1.82, 2.24) is 0 Å². The molecule has 0 aromatic heterocycles. The minimum Gasteiger partial charge on any atom is -0.508 e. The third-order valence-electron chi connectivity index (χ3n) is 3.97. The van der Waals surface area contributed by atoms with Crippen molar-refractivity contribution in [3.8, 4) is 5.75 Å². The van der Waals surface area contributed by atoms with E-state index in [4.69, 9.17) is 0 Å². The van der Waals surface area contributed by atoms with Crippen LogP contribution in [0.2, 0.25) is 0 Å². The van der Waals surface area contributed by atoms with Gasteiger partial charge in [0.15, 0.2) is 0 Å². The molecular formula is C14H20N2O. The maximum absolute atomic E-state index is 9.65. The van der Waals surface area contributed by atoms with E-state index in [1.165, 1.54) is 43.5 Å². The minimum atomic E-state index is 0.369. The third-order valence-corrected chi connectivity index (χ3v) is 3.97. The fraction of sp³-hybridized carbons (Fsp3) is 0.571. The van der Waals surface area contributed by atoms with Crippen LogP contribution in [0.15, 0.2) is 18.2 Å². The summed E-state index contributed by atoms with van der Waals surface area (Å²) in [6.45, 7) is 2.06. The molecule has 3 nitrogen and oxygen atoms in total. The van der Waals surface area contributed by atoms with Gasteiger partial charge in [0.05, 0.1) is 11.4 Å². The molecule has 1 saturated carbocycles. The van der Waals surface area contributed by atoms with Crippen molar-refractivity contribution in [2.45, 2.75) is 38.1 Å². The maximum Gasteiger partial charge on any atom is 0.117 e. The molecule has 1 aromatic carbocycles. The molecule has 3 rings (SSSR count). The lowest BCUT2D eigenvalue weighted by molar-refractivity contribution is 0.414. The molecule has 1 fully saturated rings. The van der Waals surface area contributed by atoms with Gasteiger partial charge in [-0.3, -0.25) is 0 Å². The third kappa shape index (κ3) is 2.06. The van der Waals surface area contributed by atoms with E-state index in [0.29, 0.717) is 11.8 Å². The second-order valence-corrected chi connectivity index (χ2v) is 5.11. The highest BCUT2D eigenvalue weighted by molar-refractivity contribution is 5.74. The van der Waals surface area contributed by atoms with Crippen molar-refractivity contribution in [3.05, 3.63) is 18.2 Å². The van der Waals surface area contributed by atoms with Gasteiger partial charge in [-0.15, -0.1) is 0 Å². The molecule has 0 amide bonds. The summed E-state index contributed by atoms with van der Waals surface area (Å²) in [6.07, 6.45) is 6.69. The molecule has 92 valence electrons. The summed E-state index contributed by atoms with van der Waals surface area (Å²) in [4.78, 5) is 2.49. The summed E-state index contributed by atoms with van der Waals surface area (Å²) >= 11 is 0. The Kier molecular flexibility index (Phi) is 2.83. The zero-order valence-electron chi connectivity index (χ0n) is 10.2. The highest BCUT2D eigenvalue weighted by atomic mass is 16.3. The summed E-state index contributed by atoms with van der Waals surface area (Å²) in [7, 11) is 0. The molecule has 1 aliphatic carbocycles. The van der Waals surface area contributed by atoms with Crippen LogP contribution in [0, 0.1) is 0 Å². The standard InChI is InChI=1S/C14H20N2O/c17-12-6-7-13-14(10-12)16(9-8-15-13)11-4-2-1-3-5-11/h6-7,10-11,15,17H,1-5,8-9H2. The van der Waals surface area contributed by atoms with E-state index >= 15 is 0 Å². The first-order valence-electron chi connectivity index (χ1n) is 6.68. The first-order chi connectivity index (χ1) is 8.34. The molecule has 0 saturated heterocycles. The molecule has 17 heavy (non-hydrogen) atoms. The van der Waals surface area contributed by atoms with Crippen LogP contribution >= 0.6 is 0 Å². The van der Waals surface area contributed by atoms with E-state index in [9.17, 15) is 5.11 Å². The summed E-state index contributed by atoms with van der Waals surface area (Å²) in [5.74, 6) is 0.369. The Hall–Kier alpha value is -1.38. The van der Waals surface area contributed by atoms with Crippen LogP contribution in [0.5, 0.6) is 5.75 Å². The SMILES string of the molecule is Oc1ccc2c(c1)N(C1CCCCC1)CCN2. The van der Waals surface area contributed by atoms with Gasteiger partial charge in [-0.1, -0.05) is 19.3 Å². The van der Waals surface area contributed by atoms with E-state index in [1.54, 1.807) is 6.07 Å². The lowest BCUT2D eigenvalue weighted by atomic mass is 9.93. The predicted molar refractivity (Wildman–Crippen MR) is 70.8 cm³/mol.